The maximum absolute atomic E-state index is 9.82. The summed E-state index contributed by atoms with van der Waals surface area (Å²) in [7, 11) is 0. The molecule has 1 saturated heterocycles. The molecular formula is C14H11N5O2. The Hall–Kier alpha value is -2.48. The lowest BCUT2D eigenvalue weighted by atomic mass is 9.94. The molecule has 0 amide bonds. The van der Waals surface area contributed by atoms with Crippen molar-refractivity contribution in [1.29, 1.82) is 10.5 Å². The Balaban J connectivity index is 1.95. The van der Waals surface area contributed by atoms with Gasteiger partial charge < -0.3 is 15.2 Å². The van der Waals surface area contributed by atoms with E-state index in [1.165, 1.54) is 0 Å². The van der Waals surface area contributed by atoms with Crippen molar-refractivity contribution in [3.05, 3.63) is 30.1 Å². The second kappa shape index (κ2) is 3.59. The minimum atomic E-state index is -1.48. The third-order valence-corrected chi connectivity index (χ3v) is 4.59. The van der Waals surface area contributed by atoms with Crippen LogP contribution in [0.3, 0.4) is 0 Å². The Morgan fingerprint density at radius 1 is 1.24 bits per heavy atom. The summed E-state index contributed by atoms with van der Waals surface area (Å²) in [6.45, 7) is 0.632. The molecule has 0 bridgehead atoms. The molecule has 1 aliphatic carbocycles. The van der Waals surface area contributed by atoms with Crippen LogP contribution in [-0.4, -0.2) is 29.9 Å². The molecule has 7 nitrogen and oxygen atoms in total. The second-order valence-electron chi connectivity index (χ2n) is 5.30. The summed E-state index contributed by atoms with van der Waals surface area (Å²) in [6.07, 6.45) is 1.62. The Kier molecular flexibility index (Phi) is 2.10. The van der Waals surface area contributed by atoms with Gasteiger partial charge in [0.2, 0.25) is 0 Å². The summed E-state index contributed by atoms with van der Waals surface area (Å²) in [5.41, 5.74) is 4.11. The quantitative estimate of drug-likeness (QED) is 0.789. The van der Waals surface area contributed by atoms with Crippen molar-refractivity contribution in [3.8, 4) is 12.1 Å². The maximum Gasteiger partial charge on any atom is 0.293 e. The standard InChI is InChI=1S/C14H11N5O2/c15-7-12-10(9-3-1-2-4-18-9)13(12,8-16)14(19-11(12)17)20-5-6-21-14/h1-4,10H,5-6H2,(H2,17,19). The summed E-state index contributed by atoms with van der Waals surface area (Å²) in [5.74, 6) is -1.90. The fourth-order valence-corrected chi connectivity index (χ4v) is 3.71. The largest absolute Gasteiger partial charge is 0.386 e. The van der Waals surface area contributed by atoms with Crippen LogP contribution in [0.25, 0.3) is 0 Å². The number of aliphatic imine (C=N–C) groups is 1. The van der Waals surface area contributed by atoms with E-state index in [2.05, 4.69) is 22.1 Å². The summed E-state index contributed by atoms with van der Waals surface area (Å²) >= 11 is 0. The van der Waals surface area contributed by atoms with Gasteiger partial charge in [0, 0.05) is 11.9 Å². The van der Waals surface area contributed by atoms with Crippen molar-refractivity contribution in [2.45, 2.75) is 11.8 Å². The predicted molar refractivity (Wildman–Crippen MR) is 69.3 cm³/mol. The fourth-order valence-electron chi connectivity index (χ4n) is 3.71. The summed E-state index contributed by atoms with van der Waals surface area (Å²) in [4.78, 5) is 8.46. The number of aromatic nitrogens is 1. The smallest absolute Gasteiger partial charge is 0.293 e. The molecule has 0 radical (unpaired) electrons. The minimum absolute atomic E-state index is 0.0871. The third-order valence-electron chi connectivity index (χ3n) is 4.59. The Morgan fingerprint density at radius 3 is 2.57 bits per heavy atom. The van der Waals surface area contributed by atoms with Gasteiger partial charge in [-0.15, -0.1) is 0 Å². The molecule has 7 heteroatoms. The van der Waals surface area contributed by atoms with Crippen LogP contribution in [0.4, 0.5) is 0 Å². The van der Waals surface area contributed by atoms with E-state index in [4.69, 9.17) is 15.2 Å². The number of nitrogens with two attached hydrogens (primary N) is 1. The number of nitrogens with zero attached hydrogens (tertiary/aromatic N) is 4. The number of hydrogen-bond acceptors (Lipinski definition) is 7. The van der Waals surface area contributed by atoms with Gasteiger partial charge in [-0.3, -0.25) is 4.98 Å². The molecule has 1 aromatic heterocycles. The molecule has 104 valence electrons. The van der Waals surface area contributed by atoms with E-state index in [0.717, 1.165) is 0 Å². The van der Waals surface area contributed by atoms with Gasteiger partial charge in [0.25, 0.3) is 5.91 Å². The van der Waals surface area contributed by atoms with Crippen LogP contribution in [0.5, 0.6) is 0 Å². The molecule has 1 aromatic rings. The van der Waals surface area contributed by atoms with Gasteiger partial charge in [-0.05, 0) is 12.1 Å². The van der Waals surface area contributed by atoms with Gasteiger partial charge in [-0.1, -0.05) is 6.07 Å². The monoisotopic (exact) mass is 281 g/mol. The molecule has 3 unspecified atom stereocenters. The van der Waals surface area contributed by atoms with Gasteiger partial charge >= 0.3 is 0 Å². The minimum Gasteiger partial charge on any atom is -0.386 e. The molecule has 21 heavy (non-hydrogen) atoms. The van der Waals surface area contributed by atoms with Gasteiger partial charge in [0.1, 0.15) is 5.84 Å². The SMILES string of the molecule is N#CC12C(N)=NC3(OCCO3)C1(C#N)C2c1ccccn1. The number of hydrogen-bond donors (Lipinski definition) is 1. The first-order valence-corrected chi connectivity index (χ1v) is 6.56. The van der Waals surface area contributed by atoms with E-state index in [1.54, 1.807) is 18.3 Å². The van der Waals surface area contributed by atoms with Crippen molar-refractivity contribution >= 4 is 5.84 Å². The molecule has 2 fully saturated rings. The molecule has 0 aromatic carbocycles. The third kappa shape index (κ3) is 1.05. The van der Waals surface area contributed by atoms with Gasteiger partial charge in [-0.25, -0.2) is 4.99 Å². The number of amidine groups is 1. The predicted octanol–water partition coefficient (Wildman–Crippen LogP) is 0.270. The topological polar surface area (TPSA) is 117 Å². The number of pyridine rings is 1. The highest BCUT2D eigenvalue weighted by atomic mass is 16.8. The number of nitriles is 2. The molecule has 3 aliphatic rings. The van der Waals surface area contributed by atoms with Crippen molar-refractivity contribution in [1.82, 2.24) is 4.98 Å². The zero-order chi connectivity index (χ0) is 14.7. The molecule has 3 heterocycles. The van der Waals surface area contributed by atoms with Gasteiger partial charge in [0.15, 0.2) is 10.8 Å². The Labute approximate surface area is 120 Å². The Morgan fingerprint density at radius 2 is 2.00 bits per heavy atom. The van der Waals surface area contributed by atoms with Gasteiger partial charge in [0.05, 0.1) is 31.3 Å². The molecule has 1 spiro atoms. The molecule has 3 atom stereocenters. The van der Waals surface area contributed by atoms with E-state index >= 15 is 0 Å². The van der Waals surface area contributed by atoms with E-state index in [9.17, 15) is 10.5 Å². The van der Waals surface area contributed by atoms with Crippen molar-refractivity contribution in [2.24, 2.45) is 21.6 Å². The molecule has 1 saturated carbocycles. The average molecular weight is 281 g/mol. The van der Waals surface area contributed by atoms with E-state index in [-0.39, 0.29) is 5.84 Å². The lowest BCUT2D eigenvalue weighted by Crippen LogP contribution is -2.38. The van der Waals surface area contributed by atoms with Crippen LogP contribution >= 0.6 is 0 Å². The molecule has 2 N–H and O–H groups in total. The normalized spacial score (nSPS) is 38.4. The van der Waals surface area contributed by atoms with Crippen molar-refractivity contribution < 1.29 is 9.47 Å². The highest BCUT2D eigenvalue weighted by Gasteiger charge is 2.94. The number of rotatable bonds is 1. The first-order valence-electron chi connectivity index (χ1n) is 6.56. The van der Waals surface area contributed by atoms with Crippen LogP contribution in [0.1, 0.15) is 11.6 Å². The first-order chi connectivity index (χ1) is 10.2. The van der Waals surface area contributed by atoms with Crippen LogP contribution in [0.15, 0.2) is 29.4 Å². The second-order valence-corrected chi connectivity index (χ2v) is 5.30. The lowest BCUT2D eigenvalue weighted by Gasteiger charge is -2.25. The molecular weight excluding hydrogens is 270 g/mol. The van der Waals surface area contributed by atoms with E-state index in [0.29, 0.717) is 18.9 Å². The van der Waals surface area contributed by atoms with Crippen LogP contribution in [0, 0.1) is 33.5 Å². The molecule has 4 rings (SSSR count). The highest BCUT2D eigenvalue weighted by molar-refractivity contribution is 6.00. The van der Waals surface area contributed by atoms with Crippen molar-refractivity contribution in [3.63, 3.8) is 0 Å². The first kappa shape index (κ1) is 12.3. The van der Waals surface area contributed by atoms with E-state index in [1.807, 2.05) is 6.07 Å². The number of fused-ring (bicyclic) bond motifs is 2. The van der Waals surface area contributed by atoms with Gasteiger partial charge in [-0.2, -0.15) is 10.5 Å². The van der Waals surface area contributed by atoms with E-state index < -0.39 is 22.7 Å². The fraction of sp³-hybridized carbons (Fsp3) is 0.429. The molecule has 2 aliphatic heterocycles. The summed E-state index contributed by atoms with van der Waals surface area (Å²) in [6, 6.07) is 9.74. The Bertz CT molecular complexity index is 728. The highest BCUT2D eigenvalue weighted by Crippen LogP contribution is 2.82. The number of ether oxygens (including phenoxy) is 2. The van der Waals surface area contributed by atoms with Crippen LogP contribution in [-0.2, 0) is 9.47 Å². The average Bonchev–Trinajstić information content (AvgIpc) is 2.78. The zero-order valence-electron chi connectivity index (χ0n) is 11.0. The summed E-state index contributed by atoms with van der Waals surface area (Å²) < 4.78 is 11.2. The lowest BCUT2D eigenvalue weighted by molar-refractivity contribution is -0.184. The van der Waals surface area contributed by atoms with Crippen LogP contribution in [0.2, 0.25) is 0 Å². The summed E-state index contributed by atoms with van der Waals surface area (Å²) in [5, 5.41) is 19.5. The maximum atomic E-state index is 9.82. The van der Waals surface area contributed by atoms with Crippen LogP contribution < -0.4 is 5.73 Å². The van der Waals surface area contributed by atoms with Crippen molar-refractivity contribution in [2.75, 3.05) is 13.2 Å². The zero-order valence-corrected chi connectivity index (χ0v) is 11.0.